The third-order valence-electron chi connectivity index (χ3n) is 2.59. The fourth-order valence-corrected chi connectivity index (χ4v) is 1.62. The lowest BCUT2D eigenvalue weighted by molar-refractivity contribution is -0.385. The van der Waals surface area contributed by atoms with E-state index in [-0.39, 0.29) is 17.9 Å². The smallest absolute Gasteiger partial charge is 0.389 e. The summed E-state index contributed by atoms with van der Waals surface area (Å²) in [5.74, 6) is 0.107. The van der Waals surface area contributed by atoms with E-state index in [1.54, 1.807) is 0 Å². The zero-order valence-electron chi connectivity index (χ0n) is 10.9. The lowest BCUT2D eigenvalue weighted by Crippen LogP contribution is -2.08. The molecule has 0 saturated heterocycles. The van der Waals surface area contributed by atoms with Crippen LogP contribution in [0.2, 0.25) is 0 Å². The van der Waals surface area contributed by atoms with E-state index >= 15 is 0 Å². The van der Waals surface area contributed by atoms with Crippen molar-refractivity contribution in [2.75, 3.05) is 19.0 Å². The molecule has 0 amide bonds. The van der Waals surface area contributed by atoms with Gasteiger partial charge in [0, 0.05) is 30.8 Å². The normalized spacial score (nSPS) is 11.2. The molecular weight excluding hydrogens is 277 g/mol. The Morgan fingerprint density at radius 2 is 2.05 bits per heavy atom. The Balaban J connectivity index is 2.47. The number of nitrogens with one attached hydrogen (secondary N) is 1. The number of hydrogen-bond acceptors (Lipinski definition) is 4. The number of ether oxygens (including phenoxy) is 1. The van der Waals surface area contributed by atoms with E-state index in [2.05, 4.69) is 5.32 Å². The Bertz CT molecular complexity index is 464. The van der Waals surface area contributed by atoms with E-state index in [1.807, 2.05) is 0 Å². The molecule has 1 aromatic carbocycles. The molecule has 1 aromatic rings. The van der Waals surface area contributed by atoms with Crippen molar-refractivity contribution in [1.29, 1.82) is 0 Å². The molecule has 0 saturated carbocycles. The van der Waals surface area contributed by atoms with Gasteiger partial charge in [0.15, 0.2) is 5.75 Å². The standard InChI is InChI=1S/C12H15F3N2O3/c1-20-11-8-9(4-5-10(11)17(18)19)16-7-3-2-6-12(13,14)15/h4-5,8,16H,2-3,6-7H2,1H3. The van der Waals surface area contributed by atoms with Crippen LogP contribution < -0.4 is 10.1 Å². The molecule has 0 bridgehead atoms. The number of unbranched alkanes of at least 4 members (excludes halogenated alkanes) is 1. The summed E-state index contributed by atoms with van der Waals surface area (Å²) < 4.78 is 40.7. The van der Waals surface area contributed by atoms with Gasteiger partial charge in [0.05, 0.1) is 12.0 Å². The first-order chi connectivity index (χ1) is 9.33. The molecule has 0 heterocycles. The van der Waals surface area contributed by atoms with E-state index in [1.165, 1.54) is 25.3 Å². The van der Waals surface area contributed by atoms with Crippen LogP contribution in [0, 0.1) is 10.1 Å². The SMILES string of the molecule is COc1cc(NCCCCC(F)(F)F)ccc1[N+](=O)[O-]. The van der Waals surface area contributed by atoms with Gasteiger partial charge in [-0.2, -0.15) is 13.2 Å². The predicted octanol–water partition coefficient (Wildman–Crippen LogP) is 3.75. The van der Waals surface area contributed by atoms with Gasteiger partial charge in [-0.05, 0) is 18.9 Å². The van der Waals surface area contributed by atoms with Crippen molar-refractivity contribution in [3.63, 3.8) is 0 Å². The van der Waals surface area contributed by atoms with Gasteiger partial charge in [-0.25, -0.2) is 0 Å². The highest BCUT2D eigenvalue weighted by Crippen LogP contribution is 2.29. The zero-order chi connectivity index (χ0) is 15.2. The lowest BCUT2D eigenvalue weighted by atomic mass is 10.2. The van der Waals surface area contributed by atoms with Gasteiger partial charge in [0.2, 0.25) is 0 Å². The number of nitro groups is 1. The number of nitro benzene ring substituents is 1. The molecule has 20 heavy (non-hydrogen) atoms. The van der Waals surface area contributed by atoms with Crippen molar-refractivity contribution in [1.82, 2.24) is 0 Å². The number of rotatable bonds is 7. The molecule has 0 fully saturated rings. The monoisotopic (exact) mass is 292 g/mol. The first-order valence-electron chi connectivity index (χ1n) is 5.96. The average Bonchev–Trinajstić information content (AvgIpc) is 2.36. The largest absolute Gasteiger partial charge is 0.490 e. The first-order valence-corrected chi connectivity index (χ1v) is 5.96. The Kier molecular flexibility index (Phi) is 5.60. The van der Waals surface area contributed by atoms with Crippen LogP contribution in [-0.2, 0) is 0 Å². The van der Waals surface area contributed by atoms with E-state index < -0.39 is 17.5 Å². The number of methoxy groups -OCH3 is 1. The number of benzene rings is 1. The third-order valence-corrected chi connectivity index (χ3v) is 2.59. The molecule has 0 atom stereocenters. The van der Waals surface area contributed by atoms with Gasteiger partial charge in [-0.3, -0.25) is 10.1 Å². The molecule has 1 rings (SSSR count). The number of hydrogen-bond donors (Lipinski definition) is 1. The highest BCUT2D eigenvalue weighted by Gasteiger charge is 2.25. The zero-order valence-corrected chi connectivity index (χ0v) is 10.9. The fraction of sp³-hybridized carbons (Fsp3) is 0.500. The summed E-state index contributed by atoms with van der Waals surface area (Å²) in [5, 5.41) is 13.6. The van der Waals surface area contributed by atoms with Crippen LogP contribution in [0.1, 0.15) is 19.3 Å². The van der Waals surface area contributed by atoms with Crippen LogP contribution in [0.15, 0.2) is 18.2 Å². The molecule has 0 spiro atoms. The number of alkyl halides is 3. The minimum Gasteiger partial charge on any atom is -0.490 e. The maximum atomic E-state index is 11.9. The van der Waals surface area contributed by atoms with Gasteiger partial charge < -0.3 is 10.1 Å². The van der Waals surface area contributed by atoms with Gasteiger partial charge in [0.25, 0.3) is 0 Å². The molecule has 1 N–H and O–H groups in total. The summed E-state index contributed by atoms with van der Waals surface area (Å²) in [5.41, 5.74) is 0.412. The molecule has 0 aliphatic carbocycles. The highest BCUT2D eigenvalue weighted by molar-refractivity contribution is 5.57. The van der Waals surface area contributed by atoms with E-state index in [0.717, 1.165) is 0 Å². The summed E-state index contributed by atoms with van der Waals surface area (Å²) in [7, 11) is 1.31. The van der Waals surface area contributed by atoms with Crippen molar-refractivity contribution >= 4 is 11.4 Å². The van der Waals surface area contributed by atoms with Gasteiger partial charge in [0.1, 0.15) is 0 Å². The Hall–Kier alpha value is -1.99. The maximum Gasteiger partial charge on any atom is 0.389 e. The van der Waals surface area contributed by atoms with Crippen molar-refractivity contribution < 1.29 is 22.8 Å². The quantitative estimate of drug-likeness (QED) is 0.472. The lowest BCUT2D eigenvalue weighted by Gasteiger charge is -2.09. The van der Waals surface area contributed by atoms with Gasteiger partial charge >= 0.3 is 11.9 Å². The van der Waals surface area contributed by atoms with Crippen LogP contribution in [0.3, 0.4) is 0 Å². The second-order valence-electron chi connectivity index (χ2n) is 4.14. The molecule has 0 unspecified atom stereocenters. The topological polar surface area (TPSA) is 64.4 Å². The molecule has 5 nitrogen and oxygen atoms in total. The van der Waals surface area contributed by atoms with Crippen LogP contribution in [0.25, 0.3) is 0 Å². The number of nitrogens with zero attached hydrogens (tertiary/aromatic N) is 1. The Labute approximate surface area is 113 Å². The molecule has 0 aromatic heterocycles. The van der Waals surface area contributed by atoms with Crippen LogP contribution >= 0.6 is 0 Å². The summed E-state index contributed by atoms with van der Waals surface area (Å²) >= 11 is 0. The van der Waals surface area contributed by atoms with Crippen LogP contribution in [-0.4, -0.2) is 24.8 Å². The van der Waals surface area contributed by atoms with Gasteiger partial charge in [-0.15, -0.1) is 0 Å². The van der Waals surface area contributed by atoms with Crippen molar-refractivity contribution in [2.24, 2.45) is 0 Å². The highest BCUT2D eigenvalue weighted by atomic mass is 19.4. The first kappa shape index (κ1) is 16.1. The maximum absolute atomic E-state index is 11.9. The molecule has 0 aliphatic heterocycles. The Morgan fingerprint density at radius 3 is 2.60 bits per heavy atom. The van der Waals surface area contributed by atoms with Crippen molar-refractivity contribution in [2.45, 2.75) is 25.4 Å². The molecule has 8 heteroatoms. The van der Waals surface area contributed by atoms with Gasteiger partial charge in [-0.1, -0.05) is 0 Å². The molecule has 0 aliphatic rings. The Morgan fingerprint density at radius 1 is 1.35 bits per heavy atom. The van der Waals surface area contributed by atoms with E-state index in [4.69, 9.17) is 4.74 Å². The van der Waals surface area contributed by atoms with Crippen molar-refractivity contribution in [3.05, 3.63) is 28.3 Å². The second kappa shape index (κ2) is 6.97. The van der Waals surface area contributed by atoms with E-state index in [9.17, 15) is 23.3 Å². The molecule has 112 valence electrons. The third kappa shape index (κ3) is 5.33. The van der Waals surface area contributed by atoms with Crippen LogP contribution in [0.4, 0.5) is 24.5 Å². The van der Waals surface area contributed by atoms with E-state index in [0.29, 0.717) is 18.7 Å². The summed E-state index contributed by atoms with van der Waals surface area (Å²) in [6, 6.07) is 4.23. The second-order valence-corrected chi connectivity index (χ2v) is 4.14. The fourth-order valence-electron chi connectivity index (χ4n) is 1.62. The minimum absolute atomic E-state index is 0.0423. The van der Waals surface area contributed by atoms with Crippen LogP contribution in [0.5, 0.6) is 5.75 Å². The average molecular weight is 292 g/mol. The number of halogens is 3. The molecule has 0 radical (unpaired) electrons. The number of anilines is 1. The molecular formula is C12H15F3N2O3. The van der Waals surface area contributed by atoms with Crippen molar-refractivity contribution in [3.8, 4) is 5.75 Å². The minimum atomic E-state index is -4.13. The summed E-state index contributed by atoms with van der Waals surface area (Å²) in [6.45, 7) is 0.358. The summed E-state index contributed by atoms with van der Waals surface area (Å²) in [6.07, 6.45) is -4.53. The predicted molar refractivity (Wildman–Crippen MR) is 68.0 cm³/mol. The summed E-state index contributed by atoms with van der Waals surface area (Å²) in [4.78, 5) is 10.1.